The second kappa shape index (κ2) is 6.36. The largest absolute Gasteiger partial charge is 0.481 e. The lowest BCUT2D eigenvalue weighted by atomic mass is 9.67. The minimum atomic E-state index is -0.682. The Hall–Kier alpha value is -0.730. The first-order chi connectivity index (χ1) is 9.47. The summed E-state index contributed by atoms with van der Waals surface area (Å²) in [6.07, 6.45) is 5.19. The van der Waals surface area contributed by atoms with E-state index in [1.807, 2.05) is 6.07 Å². The van der Waals surface area contributed by atoms with Crippen LogP contribution in [0.15, 0.2) is 18.2 Å². The van der Waals surface area contributed by atoms with E-state index in [9.17, 15) is 9.90 Å². The average molecular weight is 315 g/mol. The van der Waals surface area contributed by atoms with Crippen LogP contribution in [0, 0.1) is 11.3 Å². The molecule has 0 aliphatic heterocycles. The summed E-state index contributed by atoms with van der Waals surface area (Å²) in [6.45, 7) is 2.18. The fraction of sp³-hybridized carbons (Fsp3) is 0.562. The van der Waals surface area contributed by atoms with E-state index in [1.165, 1.54) is 0 Å². The summed E-state index contributed by atoms with van der Waals surface area (Å²) in [5, 5.41) is 10.7. The maximum Gasteiger partial charge on any atom is 0.309 e. The smallest absolute Gasteiger partial charge is 0.309 e. The van der Waals surface area contributed by atoms with Gasteiger partial charge in [0.1, 0.15) is 0 Å². The highest BCUT2D eigenvalue weighted by atomic mass is 35.5. The third-order valence-corrected chi connectivity index (χ3v) is 5.36. The molecule has 1 aliphatic carbocycles. The molecule has 0 aromatic heterocycles. The van der Waals surface area contributed by atoms with Crippen molar-refractivity contribution in [3.05, 3.63) is 33.8 Å². The second-order valence-corrected chi connectivity index (χ2v) is 6.68. The molecule has 0 saturated heterocycles. The lowest BCUT2D eigenvalue weighted by Gasteiger charge is -2.36. The fourth-order valence-corrected chi connectivity index (χ4v) is 3.47. The van der Waals surface area contributed by atoms with Crippen molar-refractivity contribution in [2.75, 3.05) is 0 Å². The first kappa shape index (κ1) is 15.7. The van der Waals surface area contributed by atoms with E-state index in [0.29, 0.717) is 22.4 Å². The summed E-state index contributed by atoms with van der Waals surface area (Å²) in [4.78, 5) is 11.8. The fourth-order valence-electron chi connectivity index (χ4n) is 3.15. The van der Waals surface area contributed by atoms with Crippen molar-refractivity contribution in [1.29, 1.82) is 0 Å². The van der Waals surface area contributed by atoms with Gasteiger partial charge in [-0.05, 0) is 55.7 Å². The number of carboxylic acid groups (broad SMARTS) is 1. The van der Waals surface area contributed by atoms with Gasteiger partial charge in [-0.25, -0.2) is 0 Å². The number of rotatable bonds is 4. The van der Waals surface area contributed by atoms with Crippen molar-refractivity contribution >= 4 is 29.2 Å². The van der Waals surface area contributed by atoms with Gasteiger partial charge >= 0.3 is 5.97 Å². The molecule has 0 atom stereocenters. The number of carbonyl (C=O) groups is 1. The Morgan fingerprint density at radius 3 is 2.45 bits per heavy atom. The van der Waals surface area contributed by atoms with Crippen molar-refractivity contribution in [3.8, 4) is 0 Å². The molecule has 0 unspecified atom stereocenters. The summed E-state index contributed by atoms with van der Waals surface area (Å²) in [5.74, 6) is -0.00518. The molecule has 0 spiro atoms. The van der Waals surface area contributed by atoms with Crippen molar-refractivity contribution in [2.45, 2.75) is 45.4 Å². The summed E-state index contributed by atoms with van der Waals surface area (Å²) in [6, 6.07) is 5.41. The number of benzene rings is 1. The number of hydrogen-bond donors (Lipinski definition) is 1. The lowest BCUT2D eigenvalue weighted by Crippen LogP contribution is -2.37. The monoisotopic (exact) mass is 314 g/mol. The van der Waals surface area contributed by atoms with Crippen LogP contribution in [0.5, 0.6) is 0 Å². The van der Waals surface area contributed by atoms with Gasteiger partial charge in [-0.2, -0.15) is 0 Å². The van der Waals surface area contributed by atoms with E-state index in [0.717, 1.165) is 37.7 Å². The predicted octanol–water partition coefficient (Wildman–Crippen LogP) is 5.21. The summed E-state index contributed by atoms with van der Waals surface area (Å²) >= 11 is 11.9. The maximum absolute atomic E-state index is 11.8. The molecule has 1 aromatic rings. The standard InChI is InChI=1S/C16H20Cl2O2/c1-2-11-5-7-16(8-6-11,15(19)20)10-12-3-4-13(17)14(18)9-12/h3-4,9,11H,2,5-8,10H2,1H3,(H,19,20). The molecule has 0 amide bonds. The van der Waals surface area contributed by atoms with E-state index in [4.69, 9.17) is 23.2 Å². The Morgan fingerprint density at radius 2 is 1.95 bits per heavy atom. The third kappa shape index (κ3) is 3.29. The molecule has 1 N–H and O–H groups in total. The highest BCUT2D eigenvalue weighted by Crippen LogP contribution is 2.43. The molecule has 1 aromatic carbocycles. The second-order valence-electron chi connectivity index (χ2n) is 5.86. The highest BCUT2D eigenvalue weighted by molar-refractivity contribution is 6.42. The third-order valence-electron chi connectivity index (χ3n) is 4.62. The van der Waals surface area contributed by atoms with Gasteiger partial charge in [0.2, 0.25) is 0 Å². The van der Waals surface area contributed by atoms with Gasteiger partial charge in [0.25, 0.3) is 0 Å². The zero-order valence-corrected chi connectivity index (χ0v) is 13.2. The Morgan fingerprint density at radius 1 is 1.30 bits per heavy atom. The Bertz CT molecular complexity index is 491. The molecular weight excluding hydrogens is 295 g/mol. The Balaban J connectivity index is 2.17. The van der Waals surface area contributed by atoms with Crippen molar-refractivity contribution in [1.82, 2.24) is 0 Å². The van der Waals surface area contributed by atoms with Crippen LogP contribution in [0.4, 0.5) is 0 Å². The number of carboxylic acids is 1. The van der Waals surface area contributed by atoms with Crippen LogP contribution in [0.25, 0.3) is 0 Å². The van der Waals surface area contributed by atoms with E-state index in [1.54, 1.807) is 12.1 Å². The molecule has 1 saturated carbocycles. The molecule has 0 heterocycles. The quantitative estimate of drug-likeness (QED) is 0.828. The van der Waals surface area contributed by atoms with Crippen molar-refractivity contribution < 1.29 is 9.90 Å². The summed E-state index contributed by atoms with van der Waals surface area (Å²) in [7, 11) is 0. The topological polar surface area (TPSA) is 37.3 Å². The van der Waals surface area contributed by atoms with Crippen molar-refractivity contribution in [3.63, 3.8) is 0 Å². The highest BCUT2D eigenvalue weighted by Gasteiger charge is 2.41. The molecule has 2 nitrogen and oxygen atoms in total. The van der Waals surface area contributed by atoms with E-state index >= 15 is 0 Å². The van der Waals surface area contributed by atoms with Gasteiger partial charge in [-0.3, -0.25) is 4.79 Å². The number of hydrogen-bond acceptors (Lipinski definition) is 1. The molecule has 4 heteroatoms. The first-order valence-electron chi connectivity index (χ1n) is 7.14. The molecule has 0 radical (unpaired) electrons. The van der Waals surface area contributed by atoms with Crippen LogP contribution in [0.3, 0.4) is 0 Å². The number of halogens is 2. The van der Waals surface area contributed by atoms with Gasteiger partial charge in [-0.1, -0.05) is 42.6 Å². The minimum Gasteiger partial charge on any atom is -0.481 e. The SMILES string of the molecule is CCC1CCC(Cc2ccc(Cl)c(Cl)c2)(C(=O)O)CC1. The van der Waals surface area contributed by atoms with Gasteiger partial charge in [0, 0.05) is 0 Å². The predicted molar refractivity (Wildman–Crippen MR) is 82.5 cm³/mol. The zero-order valence-electron chi connectivity index (χ0n) is 11.7. The lowest BCUT2D eigenvalue weighted by molar-refractivity contribution is -0.151. The molecule has 20 heavy (non-hydrogen) atoms. The molecule has 0 bridgehead atoms. The molecule has 110 valence electrons. The summed E-state index contributed by atoms with van der Waals surface area (Å²) in [5.41, 5.74) is 0.319. The van der Waals surface area contributed by atoms with Crippen LogP contribution >= 0.6 is 23.2 Å². The van der Waals surface area contributed by atoms with E-state index in [-0.39, 0.29) is 0 Å². The van der Waals surface area contributed by atoms with Gasteiger partial charge in [0.15, 0.2) is 0 Å². The number of aliphatic carboxylic acids is 1. The molecular formula is C16H20Cl2O2. The molecule has 1 aliphatic rings. The maximum atomic E-state index is 11.8. The normalized spacial score (nSPS) is 26.4. The van der Waals surface area contributed by atoms with Crippen LogP contribution in [0.2, 0.25) is 10.0 Å². The summed E-state index contributed by atoms with van der Waals surface area (Å²) < 4.78 is 0. The molecule has 2 rings (SSSR count). The first-order valence-corrected chi connectivity index (χ1v) is 7.90. The van der Waals surface area contributed by atoms with Crippen molar-refractivity contribution in [2.24, 2.45) is 11.3 Å². The van der Waals surface area contributed by atoms with Crippen LogP contribution < -0.4 is 0 Å². The van der Waals surface area contributed by atoms with Gasteiger partial charge < -0.3 is 5.11 Å². The van der Waals surface area contributed by atoms with Crippen LogP contribution in [0.1, 0.15) is 44.6 Å². The Kier molecular flexibility index (Phi) is 4.98. The molecule has 1 fully saturated rings. The van der Waals surface area contributed by atoms with Crippen LogP contribution in [-0.2, 0) is 11.2 Å². The minimum absolute atomic E-state index is 0.493. The van der Waals surface area contributed by atoms with E-state index in [2.05, 4.69) is 6.92 Å². The van der Waals surface area contributed by atoms with Gasteiger partial charge in [0.05, 0.1) is 15.5 Å². The Labute approximate surface area is 130 Å². The van der Waals surface area contributed by atoms with E-state index < -0.39 is 11.4 Å². The average Bonchev–Trinajstić information content (AvgIpc) is 2.43. The van der Waals surface area contributed by atoms with Gasteiger partial charge in [-0.15, -0.1) is 0 Å². The zero-order chi connectivity index (χ0) is 14.8. The van der Waals surface area contributed by atoms with Crippen LogP contribution in [-0.4, -0.2) is 11.1 Å².